The first-order valence-electron chi connectivity index (χ1n) is 9.20. The van der Waals surface area contributed by atoms with Crippen LogP contribution in [-0.2, 0) is 10.0 Å². The number of fused-ring (bicyclic) bond motifs is 1. The molecule has 6 heteroatoms. The second-order valence-corrected chi connectivity index (χ2v) is 8.55. The molecule has 0 spiro atoms. The third-order valence-corrected chi connectivity index (χ3v) is 5.99. The average Bonchev–Trinajstić information content (AvgIpc) is 2.70. The van der Waals surface area contributed by atoms with Crippen molar-refractivity contribution in [2.75, 3.05) is 20.3 Å². The van der Waals surface area contributed by atoms with Crippen molar-refractivity contribution in [1.29, 1.82) is 0 Å². The van der Waals surface area contributed by atoms with Crippen molar-refractivity contribution in [1.82, 2.24) is 4.72 Å². The summed E-state index contributed by atoms with van der Waals surface area (Å²) in [5, 5.41) is 2.09. The normalized spacial score (nSPS) is 11.7. The van der Waals surface area contributed by atoms with Crippen LogP contribution in [0.1, 0.15) is 25.3 Å². The van der Waals surface area contributed by atoms with Crippen LogP contribution in [0.2, 0.25) is 0 Å². The summed E-state index contributed by atoms with van der Waals surface area (Å²) in [5.41, 5.74) is 0.859. The highest BCUT2D eigenvalue weighted by Gasteiger charge is 2.17. The molecule has 3 rings (SSSR count). The summed E-state index contributed by atoms with van der Waals surface area (Å²) in [6, 6.07) is 18.7. The third-order valence-electron chi connectivity index (χ3n) is 4.53. The van der Waals surface area contributed by atoms with Gasteiger partial charge >= 0.3 is 0 Å². The van der Waals surface area contributed by atoms with Crippen LogP contribution in [0.4, 0.5) is 0 Å². The van der Waals surface area contributed by atoms with Crippen molar-refractivity contribution in [3.63, 3.8) is 0 Å². The van der Waals surface area contributed by atoms with Crippen LogP contribution in [0.25, 0.3) is 10.8 Å². The van der Waals surface area contributed by atoms with Crippen molar-refractivity contribution in [3.05, 3.63) is 66.2 Å². The van der Waals surface area contributed by atoms with Crippen molar-refractivity contribution in [2.24, 2.45) is 0 Å². The quantitative estimate of drug-likeness (QED) is 0.573. The molecule has 0 saturated heterocycles. The Kier molecular flexibility index (Phi) is 6.21. The van der Waals surface area contributed by atoms with Gasteiger partial charge in [-0.3, -0.25) is 0 Å². The lowest BCUT2D eigenvalue weighted by Crippen LogP contribution is -2.28. The summed E-state index contributed by atoms with van der Waals surface area (Å²) in [6.07, 6.45) is 0. The van der Waals surface area contributed by atoms with E-state index < -0.39 is 10.0 Å². The lowest BCUT2D eigenvalue weighted by Gasteiger charge is -2.14. The van der Waals surface area contributed by atoms with Crippen LogP contribution < -0.4 is 14.2 Å². The highest BCUT2D eigenvalue weighted by atomic mass is 32.2. The van der Waals surface area contributed by atoms with Gasteiger partial charge in [0.2, 0.25) is 10.0 Å². The number of nitrogens with one attached hydrogen (secondary N) is 1. The van der Waals surface area contributed by atoms with Crippen molar-refractivity contribution >= 4 is 20.8 Å². The van der Waals surface area contributed by atoms with Gasteiger partial charge in [-0.25, -0.2) is 13.1 Å². The fourth-order valence-corrected chi connectivity index (χ4v) is 4.12. The first-order valence-corrected chi connectivity index (χ1v) is 10.7. The Morgan fingerprint density at radius 3 is 2.46 bits per heavy atom. The predicted octanol–water partition coefficient (Wildman–Crippen LogP) is 4.33. The number of benzene rings is 3. The first-order chi connectivity index (χ1) is 13.4. The molecule has 0 saturated carbocycles. The maximum Gasteiger partial charge on any atom is 0.240 e. The Balaban J connectivity index is 1.66. The molecule has 0 unspecified atom stereocenters. The Bertz CT molecular complexity index is 1060. The Labute approximate surface area is 166 Å². The van der Waals surface area contributed by atoms with E-state index in [0.717, 1.165) is 22.1 Å². The van der Waals surface area contributed by atoms with Crippen molar-refractivity contribution in [2.45, 2.75) is 24.7 Å². The van der Waals surface area contributed by atoms with Crippen LogP contribution in [0.5, 0.6) is 11.5 Å². The monoisotopic (exact) mass is 399 g/mol. The fourth-order valence-electron chi connectivity index (χ4n) is 3.07. The van der Waals surface area contributed by atoms with Crippen molar-refractivity contribution in [3.8, 4) is 11.5 Å². The average molecular weight is 400 g/mol. The molecule has 0 aromatic heterocycles. The van der Waals surface area contributed by atoms with Crippen LogP contribution in [0.15, 0.2) is 65.6 Å². The SMILES string of the molecule is COc1ccc(S(=O)(=O)NCCOc2cccc3ccccc23)cc1C(C)C. The summed E-state index contributed by atoms with van der Waals surface area (Å²) in [5.74, 6) is 1.58. The van der Waals surface area contributed by atoms with Gasteiger partial charge in [-0.05, 0) is 41.1 Å². The molecule has 0 aliphatic carbocycles. The Hall–Kier alpha value is -2.57. The minimum Gasteiger partial charge on any atom is -0.496 e. The molecule has 0 bridgehead atoms. The van der Waals surface area contributed by atoms with Gasteiger partial charge in [0.15, 0.2) is 0 Å². The van der Waals surface area contributed by atoms with E-state index in [-0.39, 0.29) is 24.0 Å². The minimum absolute atomic E-state index is 0.153. The standard InChI is InChI=1S/C22H25NO4S/c1-16(2)20-15-18(11-12-21(20)26-3)28(24,25)23-13-14-27-22-10-6-8-17-7-4-5-9-19(17)22/h4-12,15-16,23H,13-14H2,1-3H3. The molecule has 0 aliphatic rings. The van der Waals surface area contributed by atoms with Gasteiger partial charge in [-0.15, -0.1) is 0 Å². The lowest BCUT2D eigenvalue weighted by molar-refractivity contribution is 0.326. The lowest BCUT2D eigenvalue weighted by atomic mass is 10.0. The van der Waals surface area contributed by atoms with E-state index in [9.17, 15) is 8.42 Å². The summed E-state index contributed by atoms with van der Waals surface area (Å²) in [4.78, 5) is 0.224. The van der Waals surface area contributed by atoms with Crippen LogP contribution in [0, 0.1) is 0 Å². The Morgan fingerprint density at radius 1 is 0.964 bits per heavy atom. The summed E-state index contributed by atoms with van der Waals surface area (Å²) in [6.45, 7) is 4.41. The summed E-state index contributed by atoms with van der Waals surface area (Å²) in [7, 11) is -2.04. The maximum atomic E-state index is 12.6. The highest BCUT2D eigenvalue weighted by Crippen LogP contribution is 2.29. The van der Waals surface area contributed by atoms with Gasteiger partial charge in [-0.2, -0.15) is 0 Å². The van der Waals surface area contributed by atoms with Gasteiger partial charge in [-0.1, -0.05) is 50.2 Å². The zero-order valence-electron chi connectivity index (χ0n) is 16.3. The molecule has 148 valence electrons. The Morgan fingerprint density at radius 2 is 1.71 bits per heavy atom. The number of ether oxygens (including phenoxy) is 2. The van der Waals surface area contributed by atoms with E-state index >= 15 is 0 Å². The molecule has 0 heterocycles. The van der Waals surface area contributed by atoms with E-state index in [1.54, 1.807) is 25.3 Å². The highest BCUT2D eigenvalue weighted by molar-refractivity contribution is 7.89. The molecule has 1 N–H and O–H groups in total. The fraction of sp³-hybridized carbons (Fsp3) is 0.273. The molecule has 5 nitrogen and oxygen atoms in total. The van der Waals surface area contributed by atoms with Crippen LogP contribution >= 0.6 is 0 Å². The molecular weight excluding hydrogens is 374 g/mol. The summed E-state index contributed by atoms with van der Waals surface area (Å²) >= 11 is 0. The summed E-state index contributed by atoms with van der Waals surface area (Å²) < 4.78 is 39.0. The maximum absolute atomic E-state index is 12.6. The number of hydrogen-bond acceptors (Lipinski definition) is 4. The van der Waals surface area contributed by atoms with E-state index in [2.05, 4.69) is 4.72 Å². The molecule has 0 fully saturated rings. The van der Waals surface area contributed by atoms with Gasteiger partial charge in [0.1, 0.15) is 18.1 Å². The van der Waals surface area contributed by atoms with Crippen LogP contribution in [-0.4, -0.2) is 28.7 Å². The molecule has 3 aromatic rings. The topological polar surface area (TPSA) is 64.6 Å². The molecule has 3 aromatic carbocycles. The molecule has 0 amide bonds. The van der Waals surface area contributed by atoms with E-state index in [1.807, 2.05) is 56.3 Å². The van der Waals surface area contributed by atoms with Crippen molar-refractivity contribution < 1.29 is 17.9 Å². The minimum atomic E-state index is -3.62. The number of rotatable bonds is 8. The number of sulfonamides is 1. The molecular formula is C22H25NO4S. The number of methoxy groups -OCH3 is 1. The molecule has 0 aliphatic heterocycles. The van der Waals surface area contributed by atoms with Gasteiger partial charge in [0.25, 0.3) is 0 Å². The first kappa shape index (κ1) is 20.2. The van der Waals surface area contributed by atoms with E-state index in [0.29, 0.717) is 5.75 Å². The molecule has 28 heavy (non-hydrogen) atoms. The molecule has 0 radical (unpaired) electrons. The molecule has 0 atom stereocenters. The smallest absolute Gasteiger partial charge is 0.240 e. The second-order valence-electron chi connectivity index (χ2n) is 6.78. The largest absolute Gasteiger partial charge is 0.496 e. The van der Waals surface area contributed by atoms with E-state index in [4.69, 9.17) is 9.47 Å². The van der Waals surface area contributed by atoms with Gasteiger partial charge in [0.05, 0.1) is 12.0 Å². The third kappa shape index (κ3) is 4.46. The van der Waals surface area contributed by atoms with Gasteiger partial charge < -0.3 is 9.47 Å². The second kappa shape index (κ2) is 8.63. The zero-order valence-corrected chi connectivity index (χ0v) is 17.1. The number of hydrogen-bond donors (Lipinski definition) is 1. The van der Waals surface area contributed by atoms with E-state index in [1.165, 1.54) is 0 Å². The predicted molar refractivity (Wildman–Crippen MR) is 112 cm³/mol. The van der Waals surface area contributed by atoms with Crippen LogP contribution in [0.3, 0.4) is 0 Å². The zero-order chi connectivity index (χ0) is 20.1. The van der Waals surface area contributed by atoms with Gasteiger partial charge in [0, 0.05) is 11.9 Å².